The minimum Gasteiger partial charge on any atom is -0.406 e. The molecule has 0 aliphatic heterocycles. The van der Waals surface area contributed by atoms with Gasteiger partial charge in [0.15, 0.2) is 0 Å². The molecule has 5 nitrogen and oxygen atoms in total. The Morgan fingerprint density at radius 1 is 1.00 bits per heavy atom. The Labute approximate surface area is 181 Å². The first-order chi connectivity index (χ1) is 15.1. The van der Waals surface area contributed by atoms with Gasteiger partial charge >= 0.3 is 6.36 Å². The van der Waals surface area contributed by atoms with Crippen molar-refractivity contribution in [2.45, 2.75) is 39.2 Å². The summed E-state index contributed by atoms with van der Waals surface area (Å²) in [5.74, 6) is -1.20. The van der Waals surface area contributed by atoms with Crippen LogP contribution in [-0.4, -0.2) is 22.4 Å². The van der Waals surface area contributed by atoms with Crippen molar-refractivity contribution in [3.63, 3.8) is 0 Å². The van der Waals surface area contributed by atoms with Gasteiger partial charge in [0.2, 0.25) is 5.95 Å². The second-order valence-electron chi connectivity index (χ2n) is 7.12. The van der Waals surface area contributed by atoms with E-state index < -0.39 is 18.0 Å². The molecule has 0 amide bonds. The van der Waals surface area contributed by atoms with Crippen LogP contribution < -0.4 is 15.4 Å². The molecule has 1 heterocycles. The Bertz CT molecular complexity index is 1050. The molecule has 1 aromatic heterocycles. The van der Waals surface area contributed by atoms with Gasteiger partial charge in [-0.05, 0) is 43.2 Å². The SMILES string of the molecule is CC[C@H](C)Nc1nc(NCc2cc(F)cc(F)c2)cc(-c2cccc(OC(F)(F)F)c2)n1. The van der Waals surface area contributed by atoms with Crippen LogP contribution in [0.2, 0.25) is 0 Å². The highest BCUT2D eigenvalue weighted by molar-refractivity contribution is 5.66. The number of nitrogens with zero attached hydrogens (tertiary/aromatic N) is 2. The van der Waals surface area contributed by atoms with E-state index in [1.807, 2.05) is 13.8 Å². The van der Waals surface area contributed by atoms with E-state index >= 15 is 0 Å². The summed E-state index contributed by atoms with van der Waals surface area (Å²) in [7, 11) is 0. The standard InChI is InChI=1S/C22H21F5N4O/c1-3-13(2)29-21-30-19(15-5-4-6-18(9-15)32-22(25,26)27)11-20(31-21)28-12-14-7-16(23)10-17(24)8-14/h4-11,13H,3,12H2,1-2H3,(H2,28,29,30,31)/t13-/m0/s1. The minimum atomic E-state index is -4.82. The third-order valence-electron chi connectivity index (χ3n) is 4.47. The maximum atomic E-state index is 13.4. The molecule has 2 N–H and O–H groups in total. The van der Waals surface area contributed by atoms with Crippen LogP contribution in [-0.2, 0) is 6.54 Å². The van der Waals surface area contributed by atoms with Crippen LogP contribution in [0.5, 0.6) is 5.75 Å². The summed E-state index contributed by atoms with van der Waals surface area (Å²) in [4.78, 5) is 8.75. The van der Waals surface area contributed by atoms with E-state index in [2.05, 4.69) is 25.3 Å². The van der Waals surface area contributed by atoms with Gasteiger partial charge in [-0.3, -0.25) is 0 Å². The van der Waals surface area contributed by atoms with Crippen LogP contribution in [0.25, 0.3) is 11.3 Å². The number of halogens is 5. The van der Waals surface area contributed by atoms with E-state index in [1.165, 1.54) is 36.4 Å². The molecule has 0 aliphatic carbocycles. The molecule has 1 atom stereocenters. The molecule has 0 unspecified atom stereocenters. The van der Waals surface area contributed by atoms with E-state index in [-0.39, 0.29) is 24.3 Å². The first kappa shape index (κ1) is 23.2. The number of benzene rings is 2. The molecule has 3 rings (SSSR count). The summed E-state index contributed by atoms with van der Waals surface area (Å²) in [6.45, 7) is 3.97. The highest BCUT2D eigenvalue weighted by Gasteiger charge is 2.31. The molecular weight excluding hydrogens is 431 g/mol. The Kier molecular flexibility index (Phi) is 7.12. The number of ether oxygens (including phenoxy) is 1. The van der Waals surface area contributed by atoms with Gasteiger partial charge in [0.05, 0.1) is 5.69 Å². The fourth-order valence-corrected chi connectivity index (χ4v) is 2.83. The van der Waals surface area contributed by atoms with E-state index in [0.717, 1.165) is 12.5 Å². The number of rotatable bonds is 8. The summed E-state index contributed by atoms with van der Waals surface area (Å²) in [6, 6.07) is 10.1. The topological polar surface area (TPSA) is 59.1 Å². The van der Waals surface area contributed by atoms with Crippen molar-refractivity contribution in [1.29, 1.82) is 0 Å². The number of nitrogens with one attached hydrogen (secondary N) is 2. The molecule has 0 bridgehead atoms. The number of alkyl halides is 3. The van der Waals surface area contributed by atoms with Gasteiger partial charge in [0, 0.05) is 30.3 Å². The van der Waals surface area contributed by atoms with E-state index in [0.29, 0.717) is 22.6 Å². The summed E-state index contributed by atoms with van der Waals surface area (Å²) >= 11 is 0. The molecule has 10 heteroatoms. The fraction of sp³-hybridized carbons (Fsp3) is 0.273. The number of aromatic nitrogens is 2. The zero-order chi connectivity index (χ0) is 23.3. The summed E-state index contributed by atoms with van der Waals surface area (Å²) in [5, 5.41) is 6.09. The normalized spacial score (nSPS) is 12.3. The highest BCUT2D eigenvalue weighted by atomic mass is 19.4. The van der Waals surface area contributed by atoms with Crippen molar-refractivity contribution in [2.75, 3.05) is 10.6 Å². The molecule has 0 saturated carbocycles. The zero-order valence-corrected chi connectivity index (χ0v) is 17.3. The summed E-state index contributed by atoms with van der Waals surface area (Å²) in [6.07, 6.45) is -4.03. The Balaban J connectivity index is 1.91. The lowest BCUT2D eigenvalue weighted by Crippen LogP contribution is -2.17. The lowest BCUT2D eigenvalue weighted by atomic mass is 10.1. The Morgan fingerprint density at radius 3 is 2.38 bits per heavy atom. The largest absolute Gasteiger partial charge is 0.573 e. The van der Waals surface area contributed by atoms with Gasteiger partial charge in [-0.15, -0.1) is 13.2 Å². The predicted octanol–water partition coefficient (Wildman–Crippen LogP) is 6.14. The maximum Gasteiger partial charge on any atom is 0.573 e. The summed E-state index contributed by atoms with van der Waals surface area (Å²) in [5.41, 5.74) is 1.08. The first-order valence-electron chi connectivity index (χ1n) is 9.82. The third-order valence-corrected chi connectivity index (χ3v) is 4.47. The van der Waals surface area contributed by atoms with E-state index in [4.69, 9.17) is 0 Å². The second kappa shape index (κ2) is 9.80. The van der Waals surface area contributed by atoms with Gasteiger partial charge in [-0.1, -0.05) is 19.1 Å². The molecule has 0 fully saturated rings. The first-order valence-corrected chi connectivity index (χ1v) is 9.82. The Morgan fingerprint density at radius 2 is 1.72 bits per heavy atom. The van der Waals surface area contributed by atoms with E-state index in [1.54, 1.807) is 6.07 Å². The van der Waals surface area contributed by atoms with Gasteiger partial charge in [-0.25, -0.2) is 13.8 Å². The quantitative estimate of drug-likeness (QED) is 0.402. The van der Waals surface area contributed by atoms with Crippen LogP contribution in [0.3, 0.4) is 0 Å². The average Bonchev–Trinajstić information content (AvgIpc) is 2.70. The molecular formula is C22H21F5N4O. The van der Waals surface area contributed by atoms with Gasteiger partial charge < -0.3 is 15.4 Å². The van der Waals surface area contributed by atoms with Gasteiger partial charge in [0.25, 0.3) is 0 Å². The second-order valence-corrected chi connectivity index (χ2v) is 7.12. The van der Waals surface area contributed by atoms with Crippen molar-refractivity contribution in [3.8, 4) is 17.0 Å². The van der Waals surface area contributed by atoms with Crippen molar-refractivity contribution < 1.29 is 26.7 Å². The highest BCUT2D eigenvalue weighted by Crippen LogP contribution is 2.29. The van der Waals surface area contributed by atoms with Crippen LogP contribution in [0, 0.1) is 11.6 Å². The lowest BCUT2D eigenvalue weighted by Gasteiger charge is -2.15. The number of hydrogen-bond acceptors (Lipinski definition) is 5. The smallest absolute Gasteiger partial charge is 0.406 e. The zero-order valence-electron chi connectivity index (χ0n) is 17.3. The van der Waals surface area contributed by atoms with Crippen molar-refractivity contribution >= 4 is 11.8 Å². The molecule has 0 radical (unpaired) electrons. The van der Waals surface area contributed by atoms with Crippen molar-refractivity contribution in [2.24, 2.45) is 0 Å². The summed E-state index contributed by atoms with van der Waals surface area (Å²) < 4.78 is 68.6. The average molecular weight is 452 g/mol. The van der Waals surface area contributed by atoms with Gasteiger partial charge in [0.1, 0.15) is 23.2 Å². The minimum absolute atomic E-state index is 0.0373. The lowest BCUT2D eigenvalue weighted by molar-refractivity contribution is -0.274. The number of anilines is 2. The van der Waals surface area contributed by atoms with Crippen LogP contribution in [0.15, 0.2) is 48.5 Å². The third kappa shape index (κ3) is 6.79. The fourth-order valence-electron chi connectivity index (χ4n) is 2.83. The maximum absolute atomic E-state index is 13.4. The molecule has 0 aliphatic rings. The van der Waals surface area contributed by atoms with Crippen molar-refractivity contribution in [1.82, 2.24) is 9.97 Å². The Hall–Kier alpha value is -3.43. The van der Waals surface area contributed by atoms with Crippen molar-refractivity contribution in [3.05, 3.63) is 65.7 Å². The van der Waals surface area contributed by atoms with E-state index in [9.17, 15) is 22.0 Å². The van der Waals surface area contributed by atoms with Gasteiger partial charge in [-0.2, -0.15) is 4.98 Å². The monoisotopic (exact) mass is 452 g/mol. The van der Waals surface area contributed by atoms with Crippen LogP contribution >= 0.6 is 0 Å². The molecule has 0 saturated heterocycles. The molecule has 0 spiro atoms. The molecule has 170 valence electrons. The number of hydrogen-bond donors (Lipinski definition) is 2. The molecule has 2 aromatic carbocycles. The molecule has 32 heavy (non-hydrogen) atoms. The molecule has 3 aromatic rings. The van der Waals surface area contributed by atoms with Crippen LogP contribution in [0.4, 0.5) is 33.7 Å². The predicted molar refractivity (Wildman–Crippen MR) is 111 cm³/mol. The van der Waals surface area contributed by atoms with Crippen LogP contribution in [0.1, 0.15) is 25.8 Å².